The minimum atomic E-state index is -0.846. The number of esters is 1. The second kappa shape index (κ2) is 13.2. The predicted molar refractivity (Wildman–Crippen MR) is 145 cm³/mol. The summed E-state index contributed by atoms with van der Waals surface area (Å²) in [7, 11) is 3.35. The predicted octanol–water partition coefficient (Wildman–Crippen LogP) is 4.21. The minimum Gasteiger partial charge on any atom is -0.463 e. The number of rotatable bonds is 11. The standard InChI is InChI=1S/C29H46FN3O4/c1-12-37-27(36)19(4)16-22(18(2)3)33(11)26(35)24(28(5,6)7)32-25(34)23(31-10)29(8,9)20-14-13-15-21(30)17-20/h13-18,22-24,31H,12H2,1-11H3,(H,32,34)/b19-16+/t22-,23+,24-/m1/s1. The third-order valence-electron chi connectivity index (χ3n) is 6.74. The van der Waals surface area contributed by atoms with Crippen molar-refractivity contribution in [3.63, 3.8) is 0 Å². The summed E-state index contributed by atoms with van der Waals surface area (Å²) in [5.41, 5.74) is -0.289. The molecule has 1 rings (SSSR count). The van der Waals surface area contributed by atoms with E-state index in [0.29, 0.717) is 11.1 Å². The Kier molecular flexibility index (Phi) is 11.5. The van der Waals surface area contributed by atoms with Crippen molar-refractivity contribution >= 4 is 17.8 Å². The SMILES string of the molecule is CCOC(=O)/C(C)=C/[C@H](C(C)C)N(C)C(=O)[C@@H](NC(=O)[C@H](NC)C(C)(C)c1cccc(F)c1)C(C)(C)C. The van der Waals surface area contributed by atoms with Crippen molar-refractivity contribution in [1.29, 1.82) is 0 Å². The molecule has 7 nitrogen and oxygen atoms in total. The molecule has 0 heterocycles. The number of amides is 2. The van der Waals surface area contributed by atoms with E-state index in [1.54, 1.807) is 51.1 Å². The number of likely N-dealkylation sites (N-methyl/N-ethyl adjacent to an activating group) is 2. The van der Waals surface area contributed by atoms with Gasteiger partial charge in [0.1, 0.15) is 11.9 Å². The fourth-order valence-electron chi connectivity index (χ4n) is 4.42. The van der Waals surface area contributed by atoms with Crippen molar-refractivity contribution < 1.29 is 23.5 Å². The Morgan fingerprint density at radius 3 is 2.16 bits per heavy atom. The van der Waals surface area contributed by atoms with E-state index in [1.807, 2.05) is 48.5 Å². The molecular formula is C29H46FN3O4. The van der Waals surface area contributed by atoms with E-state index < -0.39 is 28.9 Å². The van der Waals surface area contributed by atoms with Gasteiger partial charge in [0.2, 0.25) is 11.8 Å². The van der Waals surface area contributed by atoms with Crippen LogP contribution in [0.3, 0.4) is 0 Å². The fourth-order valence-corrected chi connectivity index (χ4v) is 4.42. The van der Waals surface area contributed by atoms with Gasteiger partial charge in [-0.05, 0) is 49.9 Å². The van der Waals surface area contributed by atoms with E-state index in [4.69, 9.17) is 4.74 Å². The highest BCUT2D eigenvalue weighted by Crippen LogP contribution is 2.29. The van der Waals surface area contributed by atoms with Crippen LogP contribution in [0.25, 0.3) is 0 Å². The lowest BCUT2D eigenvalue weighted by molar-refractivity contribution is -0.141. The molecule has 37 heavy (non-hydrogen) atoms. The van der Waals surface area contributed by atoms with Crippen LogP contribution >= 0.6 is 0 Å². The van der Waals surface area contributed by atoms with Crippen molar-refractivity contribution in [1.82, 2.24) is 15.5 Å². The molecule has 1 aromatic rings. The van der Waals surface area contributed by atoms with E-state index in [2.05, 4.69) is 10.6 Å². The summed E-state index contributed by atoms with van der Waals surface area (Å²) in [5.74, 6) is -1.43. The first-order chi connectivity index (χ1) is 17.0. The lowest BCUT2D eigenvalue weighted by atomic mass is 9.76. The van der Waals surface area contributed by atoms with Crippen molar-refractivity contribution in [2.75, 3.05) is 20.7 Å². The molecule has 2 amide bonds. The van der Waals surface area contributed by atoms with Gasteiger partial charge in [0.15, 0.2) is 0 Å². The van der Waals surface area contributed by atoms with Crippen molar-refractivity contribution in [2.45, 2.75) is 85.9 Å². The molecule has 0 spiro atoms. The Morgan fingerprint density at radius 1 is 1.11 bits per heavy atom. The van der Waals surface area contributed by atoms with Gasteiger partial charge >= 0.3 is 5.97 Å². The van der Waals surface area contributed by atoms with Crippen LogP contribution in [-0.2, 0) is 24.5 Å². The van der Waals surface area contributed by atoms with Gasteiger partial charge in [0.25, 0.3) is 0 Å². The summed E-state index contributed by atoms with van der Waals surface area (Å²) in [5, 5.41) is 6.03. The quantitative estimate of drug-likeness (QED) is 0.338. The van der Waals surface area contributed by atoms with Crippen LogP contribution in [-0.4, -0.2) is 61.5 Å². The topological polar surface area (TPSA) is 87.7 Å². The van der Waals surface area contributed by atoms with E-state index >= 15 is 0 Å². The highest BCUT2D eigenvalue weighted by atomic mass is 19.1. The summed E-state index contributed by atoms with van der Waals surface area (Å²) in [4.78, 5) is 41.2. The largest absolute Gasteiger partial charge is 0.463 e. The Balaban J connectivity index is 3.31. The molecule has 208 valence electrons. The summed E-state index contributed by atoms with van der Waals surface area (Å²) >= 11 is 0. The third-order valence-corrected chi connectivity index (χ3v) is 6.74. The van der Waals surface area contributed by atoms with E-state index in [1.165, 1.54) is 12.1 Å². The number of nitrogens with one attached hydrogen (secondary N) is 2. The smallest absolute Gasteiger partial charge is 0.333 e. The zero-order valence-electron chi connectivity index (χ0n) is 24.4. The van der Waals surface area contributed by atoms with Gasteiger partial charge in [-0.25, -0.2) is 9.18 Å². The number of carbonyl (C=O) groups is 3. The number of ether oxygens (including phenoxy) is 1. The van der Waals surface area contributed by atoms with Gasteiger partial charge in [-0.3, -0.25) is 9.59 Å². The van der Waals surface area contributed by atoms with E-state index in [9.17, 15) is 18.8 Å². The van der Waals surface area contributed by atoms with Crippen molar-refractivity contribution in [3.05, 3.63) is 47.3 Å². The van der Waals surface area contributed by atoms with Crippen LogP contribution in [0.4, 0.5) is 4.39 Å². The molecule has 0 bridgehead atoms. The first-order valence-electron chi connectivity index (χ1n) is 12.8. The molecule has 0 aliphatic carbocycles. The second-order valence-electron chi connectivity index (χ2n) is 11.5. The number of hydrogen-bond acceptors (Lipinski definition) is 5. The molecule has 8 heteroatoms. The number of benzene rings is 1. The molecular weight excluding hydrogens is 473 g/mol. The molecule has 0 radical (unpaired) electrons. The number of halogens is 1. The molecule has 0 aromatic heterocycles. The molecule has 0 aliphatic rings. The molecule has 1 aromatic carbocycles. The van der Waals surface area contributed by atoms with Gasteiger partial charge < -0.3 is 20.3 Å². The Morgan fingerprint density at radius 2 is 1.70 bits per heavy atom. The lowest BCUT2D eigenvalue weighted by Gasteiger charge is -2.40. The molecule has 0 saturated heterocycles. The number of nitrogens with zero attached hydrogens (tertiary/aromatic N) is 1. The minimum absolute atomic E-state index is 0.00612. The average molecular weight is 520 g/mol. The van der Waals surface area contributed by atoms with Crippen LogP contribution in [0.1, 0.15) is 67.9 Å². The Bertz CT molecular complexity index is 982. The van der Waals surface area contributed by atoms with Gasteiger partial charge in [-0.1, -0.05) is 66.7 Å². The van der Waals surface area contributed by atoms with Crippen LogP contribution in [0.15, 0.2) is 35.9 Å². The maximum absolute atomic E-state index is 13.9. The Labute approximate surface area is 222 Å². The highest BCUT2D eigenvalue weighted by molar-refractivity contribution is 5.92. The van der Waals surface area contributed by atoms with Crippen LogP contribution < -0.4 is 10.6 Å². The van der Waals surface area contributed by atoms with E-state index in [0.717, 1.165) is 0 Å². The van der Waals surface area contributed by atoms with Gasteiger partial charge in [-0.15, -0.1) is 0 Å². The first-order valence-corrected chi connectivity index (χ1v) is 12.8. The normalized spacial score (nSPS) is 15.1. The number of carbonyl (C=O) groups excluding carboxylic acids is 3. The van der Waals surface area contributed by atoms with Gasteiger partial charge in [-0.2, -0.15) is 0 Å². The molecule has 0 fully saturated rings. The maximum atomic E-state index is 13.9. The summed E-state index contributed by atoms with van der Waals surface area (Å²) < 4.78 is 19.0. The van der Waals surface area contributed by atoms with Crippen molar-refractivity contribution in [2.24, 2.45) is 11.3 Å². The monoisotopic (exact) mass is 519 g/mol. The number of hydrogen-bond donors (Lipinski definition) is 2. The third kappa shape index (κ3) is 8.38. The van der Waals surface area contributed by atoms with Crippen LogP contribution in [0, 0.1) is 17.2 Å². The summed E-state index contributed by atoms with van der Waals surface area (Å²) in [6.07, 6.45) is 1.74. The Hall–Kier alpha value is -2.74. The van der Waals surface area contributed by atoms with Gasteiger partial charge in [0.05, 0.1) is 18.7 Å². The van der Waals surface area contributed by atoms with Crippen LogP contribution in [0.5, 0.6) is 0 Å². The maximum Gasteiger partial charge on any atom is 0.333 e. The average Bonchev–Trinajstić information content (AvgIpc) is 2.79. The summed E-state index contributed by atoms with van der Waals surface area (Å²) in [6.45, 7) is 17.0. The van der Waals surface area contributed by atoms with E-state index in [-0.39, 0.29) is 36.2 Å². The molecule has 3 atom stereocenters. The highest BCUT2D eigenvalue weighted by Gasteiger charge is 2.41. The first kappa shape index (κ1) is 32.3. The lowest BCUT2D eigenvalue weighted by Crippen LogP contribution is -2.61. The molecule has 0 aliphatic heterocycles. The summed E-state index contributed by atoms with van der Waals surface area (Å²) in [6, 6.07) is 4.22. The molecule has 0 unspecified atom stereocenters. The van der Waals surface area contributed by atoms with Gasteiger partial charge in [0, 0.05) is 18.0 Å². The second-order valence-corrected chi connectivity index (χ2v) is 11.5. The fraction of sp³-hybridized carbons (Fsp3) is 0.621. The van der Waals surface area contributed by atoms with Crippen LogP contribution in [0.2, 0.25) is 0 Å². The zero-order chi connectivity index (χ0) is 28.7. The molecule has 0 saturated carbocycles. The molecule has 2 N–H and O–H groups in total. The van der Waals surface area contributed by atoms with Crippen molar-refractivity contribution in [3.8, 4) is 0 Å². The zero-order valence-corrected chi connectivity index (χ0v) is 24.4.